The van der Waals surface area contributed by atoms with Crippen molar-refractivity contribution in [1.82, 2.24) is 9.80 Å². The van der Waals surface area contributed by atoms with Crippen molar-refractivity contribution in [2.24, 2.45) is 11.3 Å². The van der Waals surface area contributed by atoms with Gasteiger partial charge in [0.05, 0.1) is 7.11 Å². The molecule has 2 saturated heterocycles. The third kappa shape index (κ3) is 3.88. The number of aryl methyl sites for hydroxylation is 1. The van der Waals surface area contributed by atoms with Crippen molar-refractivity contribution < 1.29 is 4.74 Å². The topological polar surface area (TPSA) is 15.7 Å². The maximum Gasteiger partial charge on any atom is 0.121 e. The van der Waals surface area contributed by atoms with Crippen LogP contribution in [0.25, 0.3) is 0 Å². The van der Waals surface area contributed by atoms with Gasteiger partial charge in [0, 0.05) is 26.2 Å². The quantitative estimate of drug-likeness (QED) is 0.801. The molecule has 3 aliphatic rings. The third-order valence-electron chi connectivity index (χ3n) is 6.86. The van der Waals surface area contributed by atoms with E-state index in [9.17, 15) is 0 Å². The summed E-state index contributed by atoms with van der Waals surface area (Å²) in [4.78, 5) is 5.49. The Labute approximate surface area is 153 Å². The van der Waals surface area contributed by atoms with E-state index in [1.807, 2.05) is 0 Å². The minimum absolute atomic E-state index is 0.573. The number of likely N-dealkylation sites (tertiary alicyclic amines) is 2. The van der Waals surface area contributed by atoms with Gasteiger partial charge in [0.15, 0.2) is 0 Å². The summed E-state index contributed by atoms with van der Waals surface area (Å²) < 4.78 is 5.40. The molecule has 1 aromatic rings. The Morgan fingerprint density at radius 3 is 2.64 bits per heavy atom. The number of piperidine rings is 1. The Balaban J connectivity index is 1.34. The number of hydrogen-bond donors (Lipinski definition) is 0. The predicted octanol–water partition coefficient (Wildman–Crippen LogP) is 4.09. The van der Waals surface area contributed by atoms with Crippen molar-refractivity contribution in [2.45, 2.75) is 52.0 Å². The molecular formula is C22H34N2O. The number of nitrogens with zero attached hydrogens (tertiary/aromatic N) is 2. The normalized spacial score (nSPS) is 28.4. The van der Waals surface area contributed by atoms with Crippen LogP contribution in [0.15, 0.2) is 18.2 Å². The van der Waals surface area contributed by atoms with Gasteiger partial charge in [0.25, 0.3) is 0 Å². The maximum absolute atomic E-state index is 5.40. The van der Waals surface area contributed by atoms with Crippen molar-refractivity contribution in [1.29, 1.82) is 0 Å². The van der Waals surface area contributed by atoms with Crippen LogP contribution in [0.5, 0.6) is 5.75 Å². The molecule has 2 aliphatic heterocycles. The summed E-state index contributed by atoms with van der Waals surface area (Å²) in [5.74, 6) is 2.01. The summed E-state index contributed by atoms with van der Waals surface area (Å²) in [6.07, 6.45) is 8.66. The zero-order valence-electron chi connectivity index (χ0n) is 16.1. The predicted molar refractivity (Wildman–Crippen MR) is 103 cm³/mol. The molecule has 138 valence electrons. The molecular weight excluding hydrogens is 308 g/mol. The van der Waals surface area contributed by atoms with Crippen molar-refractivity contribution in [3.8, 4) is 5.75 Å². The monoisotopic (exact) mass is 342 g/mol. The van der Waals surface area contributed by atoms with E-state index in [2.05, 4.69) is 34.9 Å². The molecule has 25 heavy (non-hydrogen) atoms. The minimum atomic E-state index is 0.573. The van der Waals surface area contributed by atoms with E-state index in [0.29, 0.717) is 5.41 Å². The summed E-state index contributed by atoms with van der Waals surface area (Å²) in [5.41, 5.74) is 3.25. The molecule has 3 heteroatoms. The van der Waals surface area contributed by atoms with Crippen LogP contribution in [0.2, 0.25) is 0 Å². The molecule has 0 aromatic heterocycles. The molecule has 0 radical (unpaired) electrons. The average Bonchev–Trinajstić information content (AvgIpc) is 2.93. The van der Waals surface area contributed by atoms with Gasteiger partial charge in [0.2, 0.25) is 0 Å². The van der Waals surface area contributed by atoms with Crippen LogP contribution in [0.1, 0.15) is 49.7 Å². The van der Waals surface area contributed by atoms with Crippen LogP contribution >= 0.6 is 0 Å². The first-order chi connectivity index (χ1) is 12.2. The Morgan fingerprint density at radius 2 is 1.92 bits per heavy atom. The van der Waals surface area contributed by atoms with E-state index in [0.717, 1.165) is 18.2 Å². The molecule has 0 amide bonds. The van der Waals surface area contributed by atoms with Gasteiger partial charge < -0.3 is 9.64 Å². The molecule has 1 aliphatic carbocycles. The molecule has 3 nitrogen and oxygen atoms in total. The zero-order valence-corrected chi connectivity index (χ0v) is 16.1. The average molecular weight is 343 g/mol. The molecule has 1 unspecified atom stereocenters. The number of rotatable bonds is 5. The lowest BCUT2D eigenvalue weighted by atomic mass is 9.78. The first-order valence-electron chi connectivity index (χ1n) is 10.2. The van der Waals surface area contributed by atoms with Crippen molar-refractivity contribution in [3.63, 3.8) is 0 Å². The van der Waals surface area contributed by atoms with E-state index >= 15 is 0 Å². The summed E-state index contributed by atoms with van der Waals surface area (Å²) in [7, 11) is 1.75. The SMILES string of the molecule is COc1ccc(CN2CCC3(CCCN(CC4CCC4)C3)C2)cc1C. The second-order valence-corrected chi connectivity index (χ2v) is 8.90. The first kappa shape index (κ1) is 17.4. The largest absolute Gasteiger partial charge is 0.496 e. The highest BCUT2D eigenvalue weighted by Crippen LogP contribution is 2.40. The van der Waals surface area contributed by atoms with E-state index in [1.165, 1.54) is 82.4 Å². The Morgan fingerprint density at radius 1 is 1.08 bits per heavy atom. The van der Waals surface area contributed by atoms with E-state index in [-0.39, 0.29) is 0 Å². The molecule has 0 N–H and O–H groups in total. The summed E-state index contributed by atoms with van der Waals surface area (Å²) >= 11 is 0. The minimum Gasteiger partial charge on any atom is -0.496 e. The van der Waals surface area contributed by atoms with E-state index in [4.69, 9.17) is 4.74 Å². The first-order valence-corrected chi connectivity index (χ1v) is 10.2. The van der Waals surface area contributed by atoms with Gasteiger partial charge >= 0.3 is 0 Å². The molecule has 1 atom stereocenters. The second-order valence-electron chi connectivity index (χ2n) is 8.90. The van der Waals surface area contributed by atoms with E-state index < -0.39 is 0 Å². The third-order valence-corrected chi connectivity index (χ3v) is 6.86. The lowest BCUT2D eigenvalue weighted by Gasteiger charge is -2.43. The Hall–Kier alpha value is -1.06. The lowest BCUT2D eigenvalue weighted by Crippen LogP contribution is -2.47. The number of benzene rings is 1. The molecule has 2 heterocycles. The smallest absolute Gasteiger partial charge is 0.121 e. The van der Waals surface area contributed by atoms with Gasteiger partial charge in [-0.15, -0.1) is 0 Å². The van der Waals surface area contributed by atoms with Crippen LogP contribution in [0, 0.1) is 18.3 Å². The summed E-state index contributed by atoms with van der Waals surface area (Å²) in [6, 6.07) is 6.66. The Kier molecular flexibility index (Phi) is 5.06. The highest BCUT2D eigenvalue weighted by Gasteiger charge is 2.41. The fourth-order valence-electron chi connectivity index (χ4n) is 5.30. The van der Waals surface area contributed by atoms with E-state index in [1.54, 1.807) is 7.11 Å². The van der Waals surface area contributed by atoms with Crippen molar-refractivity contribution >= 4 is 0 Å². The fourth-order valence-corrected chi connectivity index (χ4v) is 5.30. The summed E-state index contributed by atoms with van der Waals surface area (Å²) in [6.45, 7) is 9.86. The number of hydrogen-bond acceptors (Lipinski definition) is 3. The van der Waals surface area contributed by atoms with Crippen LogP contribution in [-0.4, -0.2) is 49.6 Å². The van der Waals surface area contributed by atoms with Crippen molar-refractivity contribution in [2.75, 3.05) is 39.8 Å². The van der Waals surface area contributed by atoms with Crippen molar-refractivity contribution in [3.05, 3.63) is 29.3 Å². The van der Waals surface area contributed by atoms with Crippen LogP contribution in [0.3, 0.4) is 0 Å². The maximum atomic E-state index is 5.40. The number of ether oxygens (including phenoxy) is 1. The molecule has 1 aromatic carbocycles. The zero-order chi connectivity index (χ0) is 17.3. The second kappa shape index (κ2) is 7.28. The molecule has 0 bridgehead atoms. The van der Waals surface area contributed by atoms with Gasteiger partial charge in [-0.2, -0.15) is 0 Å². The molecule has 3 fully saturated rings. The summed E-state index contributed by atoms with van der Waals surface area (Å²) in [5, 5.41) is 0. The highest BCUT2D eigenvalue weighted by molar-refractivity contribution is 5.36. The van der Waals surface area contributed by atoms with Gasteiger partial charge in [-0.1, -0.05) is 18.6 Å². The van der Waals surface area contributed by atoms with Gasteiger partial charge in [-0.25, -0.2) is 0 Å². The van der Waals surface area contributed by atoms with Gasteiger partial charge in [-0.3, -0.25) is 4.90 Å². The molecule has 4 rings (SSSR count). The number of methoxy groups -OCH3 is 1. The van der Waals surface area contributed by atoms with Gasteiger partial charge in [0.1, 0.15) is 5.75 Å². The standard InChI is InChI=1S/C22H34N2O/c1-18-13-20(7-8-21(18)25-2)15-24-12-10-22(17-24)9-4-11-23(16-22)14-19-5-3-6-19/h7-8,13,19H,3-6,9-12,14-17H2,1-2H3. The fraction of sp³-hybridized carbons (Fsp3) is 0.727. The molecule has 1 spiro atoms. The Bertz CT molecular complexity index is 598. The molecule has 1 saturated carbocycles. The van der Waals surface area contributed by atoms with Crippen LogP contribution in [0.4, 0.5) is 0 Å². The highest BCUT2D eigenvalue weighted by atomic mass is 16.5. The van der Waals surface area contributed by atoms with Gasteiger partial charge in [-0.05, 0) is 80.6 Å². The lowest BCUT2D eigenvalue weighted by molar-refractivity contribution is 0.0668. The van der Waals surface area contributed by atoms with Crippen LogP contribution < -0.4 is 4.74 Å². The van der Waals surface area contributed by atoms with Crippen LogP contribution in [-0.2, 0) is 6.54 Å².